The lowest BCUT2D eigenvalue weighted by atomic mass is 9.86. The van der Waals surface area contributed by atoms with Crippen LogP contribution in [0.25, 0.3) is 0 Å². The van der Waals surface area contributed by atoms with Gasteiger partial charge >= 0.3 is 0 Å². The zero-order valence-electron chi connectivity index (χ0n) is 14.2. The number of nitrogens with one attached hydrogen (secondary N) is 1. The van der Waals surface area contributed by atoms with Crippen LogP contribution in [0.4, 0.5) is 0 Å². The Morgan fingerprint density at radius 1 is 1.24 bits per heavy atom. The van der Waals surface area contributed by atoms with Crippen molar-refractivity contribution in [2.24, 2.45) is 0 Å². The van der Waals surface area contributed by atoms with Crippen LogP contribution in [0.1, 0.15) is 59.9 Å². The molecule has 0 aliphatic heterocycles. The summed E-state index contributed by atoms with van der Waals surface area (Å²) in [7, 11) is 0. The first-order valence-corrected chi connectivity index (χ1v) is 7.82. The van der Waals surface area contributed by atoms with E-state index >= 15 is 0 Å². The molecule has 0 aromatic heterocycles. The average molecular weight is 291 g/mol. The Hall–Kier alpha value is -1.51. The number of rotatable bonds is 6. The average Bonchev–Trinajstić information content (AvgIpc) is 2.38. The molecule has 118 valence electrons. The lowest BCUT2D eigenvalue weighted by Crippen LogP contribution is -2.41. The molecule has 0 spiro atoms. The van der Waals surface area contributed by atoms with Crippen molar-refractivity contribution in [1.29, 1.82) is 0 Å². The van der Waals surface area contributed by atoms with E-state index in [1.54, 1.807) is 6.92 Å². The molecule has 2 atom stereocenters. The number of benzene rings is 1. The highest BCUT2D eigenvalue weighted by molar-refractivity contribution is 5.81. The Morgan fingerprint density at radius 2 is 1.86 bits per heavy atom. The lowest BCUT2D eigenvalue weighted by molar-refractivity contribution is -0.127. The van der Waals surface area contributed by atoms with Crippen molar-refractivity contribution in [3.05, 3.63) is 29.8 Å². The van der Waals surface area contributed by atoms with Crippen LogP contribution >= 0.6 is 0 Å². The van der Waals surface area contributed by atoms with Gasteiger partial charge in [-0.25, -0.2) is 0 Å². The molecule has 3 heteroatoms. The van der Waals surface area contributed by atoms with Crippen molar-refractivity contribution in [1.82, 2.24) is 5.32 Å². The van der Waals surface area contributed by atoms with Crippen molar-refractivity contribution in [2.45, 2.75) is 71.9 Å². The predicted molar refractivity (Wildman–Crippen MR) is 87.7 cm³/mol. The SMILES string of the molecule is CCCC(C)NC(=O)C(C)Oc1ccccc1C(C)(C)C. The molecule has 0 aliphatic carbocycles. The number of para-hydroxylation sites is 1. The van der Waals surface area contributed by atoms with E-state index in [2.05, 4.69) is 39.1 Å². The Labute approximate surface area is 129 Å². The van der Waals surface area contributed by atoms with Crippen molar-refractivity contribution in [2.75, 3.05) is 0 Å². The largest absolute Gasteiger partial charge is 0.481 e. The minimum atomic E-state index is -0.493. The molecule has 1 amide bonds. The van der Waals surface area contributed by atoms with Crippen LogP contribution in [-0.4, -0.2) is 18.1 Å². The third kappa shape index (κ3) is 5.41. The summed E-state index contributed by atoms with van der Waals surface area (Å²) >= 11 is 0. The van der Waals surface area contributed by atoms with Crippen molar-refractivity contribution >= 4 is 5.91 Å². The van der Waals surface area contributed by atoms with Gasteiger partial charge < -0.3 is 10.1 Å². The number of amides is 1. The van der Waals surface area contributed by atoms with Gasteiger partial charge in [-0.1, -0.05) is 52.3 Å². The molecule has 0 saturated heterocycles. The van der Waals surface area contributed by atoms with Crippen LogP contribution in [0, 0.1) is 0 Å². The van der Waals surface area contributed by atoms with Gasteiger partial charge in [-0.3, -0.25) is 4.79 Å². The summed E-state index contributed by atoms with van der Waals surface area (Å²) in [5.41, 5.74) is 1.11. The predicted octanol–water partition coefficient (Wildman–Crippen LogP) is 4.06. The monoisotopic (exact) mass is 291 g/mol. The zero-order valence-corrected chi connectivity index (χ0v) is 14.2. The Balaban J connectivity index is 2.75. The number of hydrogen-bond donors (Lipinski definition) is 1. The van der Waals surface area contributed by atoms with Gasteiger partial charge in [-0.2, -0.15) is 0 Å². The summed E-state index contributed by atoms with van der Waals surface area (Å²) in [5.74, 6) is 0.732. The Kier molecular flexibility index (Phi) is 6.25. The molecule has 2 unspecified atom stereocenters. The van der Waals surface area contributed by atoms with Gasteiger partial charge in [0.15, 0.2) is 6.10 Å². The summed E-state index contributed by atoms with van der Waals surface area (Å²) in [5, 5.41) is 3.00. The highest BCUT2D eigenvalue weighted by atomic mass is 16.5. The van der Waals surface area contributed by atoms with E-state index in [-0.39, 0.29) is 17.4 Å². The fraction of sp³-hybridized carbons (Fsp3) is 0.611. The highest BCUT2D eigenvalue weighted by Crippen LogP contribution is 2.31. The van der Waals surface area contributed by atoms with E-state index in [4.69, 9.17) is 4.74 Å². The molecular weight excluding hydrogens is 262 g/mol. The highest BCUT2D eigenvalue weighted by Gasteiger charge is 2.22. The molecular formula is C18H29NO2. The number of ether oxygens (including phenoxy) is 1. The van der Waals surface area contributed by atoms with Crippen molar-refractivity contribution in [3.63, 3.8) is 0 Å². The first-order valence-electron chi connectivity index (χ1n) is 7.82. The van der Waals surface area contributed by atoms with Crippen LogP contribution in [0.3, 0.4) is 0 Å². The molecule has 0 bridgehead atoms. The summed E-state index contributed by atoms with van der Waals surface area (Å²) < 4.78 is 5.90. The van der Waals surface area contributed by atoms with Crippen LogP contribution in [-0.2, 0) is 10.2 Å². The van der Waals surface area contributed by atoms with E-state index in [9.17, 15) is 4.79 Å². The Morgan fingerprint density at radius 3 is 2.43 bits per heavy atom. The molecule has 0 radical (unpaired) electrons. The standard InChI is InChI=1S/C18H29NO2/c1-7-10-13(2)19-17(20)14(3)21-16-12-9-8-11-15(16)18(4,5)6/h8-9,11-14H,7,10H2,1-6H3,(H,19,20). The lowest BCUT2D eigenvalue weighted by Gasteiger charge is -2.25. The summed E-state index contributed by atoms with van der Waals surface area (Å²) in [4.78, 5) is 12.2. The fourth-order valence-electron chi connectivity index (χ4n) is 2.30. The maximum atomic E-state index is 12.2. The molecule has 0 aliphatic rings. The molecule has 1 aromatic rings. The normalized spacial score (nSPS) is 14.4. The first kappa shape index (κ1) is 17.5. The van der Waals surface area contributed by atoms with Crippen molar-refractivity contribution in [3.8, 4) is 5.75 Å². The molecule has 1 N–H and O–H groups in total. The quantitative estimate of drug-likeness (QED) is 0.858. The molecule has 1 rings (SSSR count). The molecule has 0 heterocycles. The second kappa shape index (κ2) is 7.48. The topological polar surface area (TPSA) is 38.3 Å². The molecule has 3 nitrogen and oxygen atoms in total. The second-order valence-corrected chi connectivity index (χ2v) is 6.70. The van der Waals surface area contributed by atoms with Gasteiger partial charge in [0.2, 0.25) is 0 Å². The third-order valence-corrected chi connectivity index (χ3v) is 3.48. The van der Waals surface area contributed by atoms with E-state index in [1.165, 1.54) is 0 Å². The number of carbonyl (C=O) groups is 1. The van der Waals surface area contributed by atoms with E-state index in [0.717, 1.165) is 24.2 Å². The minimum Gasteiger partial charge on any atom is -0.481 e. The van der Waals surface area contributed by atoms with E-state index < -0.39 is 6.10 Å². The summed E-state index contributed by atoms with van der Waals surface area (Å²) in [6.07, 6.45) is 1.55. The van der Waals surface area contributed by atoms with E-state index in [0.29, 0.717) is 0 Å². The first-order chi connectivity index (χ1) is 9.75. The van der Waals surface area contributed by atoms with Gasteiger partial charge in [0, 0.05) is 6.04 Å². The Bertz CT molecular complexity index is 463. The molecule has 0 saturated carbocycles. The molecule has 0 fully saturated rings. The van der Waals surface area contributed by atoms with E-state index in [1.807, 2.05) is 25.1 Å². The van der Waals surface area contributed by atoms with Crippen LogP contribution in [0.5, 0.6) is 5.75 Å². The molecule has 21 heavy (non-hydrogen) atoms. The zero-order chi connectivity index (χ0) is 16.0. The third-order valence-electron chi connectivity index (χ3n) is 3.48. The fourth-order valence-corrected chi connectivity index (χ4v) is 2.30. The van der Waals surface area contributed by atoms with Crippen LogP contribution in [0.15, 0.2) is 24.3 Å². The molecule has 1 aromatic carbocycles. The van der Waals surface area contributed by atoms with Gasteiger partial charge in [-0.05, 0) is 37.3 Å². The van der Waals surface area contributed by atoms with Crippen LogP contribution in [0.2, 0.25) is 0 Å². The second-order valence-electron chi connectivity index (χ2n) is 6.70. The number of carbonyl (C=O) groups excluding carboxylic acids is 1. The van der Waals surface area contributed by atoms with Gasteiger partial charge in [0.25, 0.3) is 5.91 Å². The number of hydrogen-bond acceptors (Lipinski definition) is 2. The van der Waals surface area contributed by atoms with Gasteiger partial charge in [-0.15, -0.1) is 0 Å². The minimum absolute atomic E-state index is 0.0116. The maximum Gasteiger partial charge on any atom is 0.260 e. The van der Waals surface area contributed by atoms with Crippen LogP contribution < -0.4 is 10.1 Å². The summed E-state index contributed by atoms with van der Waals surface area (Å²) in [6.45, 7) is 12.4. The van der Waals surface area contributed by atoms with Crippen molar-refractivity contribution < 1.29 is 9.53 Å². The smallest absolute Gasteiger partial charge is 0.260 e. The van der Waals surface area contributed by atoms with Gasteiger partial charge in [0.1, 0.15) is 5.75 Å². The van der Waals surface area contributed by atoms with Gasteiger partial charge in [0.05, 0.1) is 0 Å². The maximum absolute atomic E-state index is 12.2. The summed E-state index contributed by atoms with van der Waals surface area (Å²) in [6, 6.07) is 8.11.